The van der Waals surface area contributed by atoms with Crippen LogP contribution in [-0.4, -0.2) is 50.4 Å². The Balaban J connectivity index is 1.60. The van der Waals surface area contributed by atoms with Crippen molar-refractivity contribution in [3.05, 3.63) is 59.5 Å². The van der Waals surface area contributed by atoms with Crippen LogP contribution in [0, 0.1) is 0 Å². The third-order valence-electron chi connectivity index (χ3n) is 4.48. The first-order valence-electron chi connectivity index (χ1n) is 8.20. The van der Waals surface area contributed by atoms with E-state index in [0.29, 0.717) is 22.8 Å². The van der Waals surface area contributed by atoms with Crippen molar-refractivity contribution < 1.29 is 9.59 Å². The van der Waals surface area contributed by atoms with Gasteiger partial charge in [-0.15, -0.1) is 0 Å². The maximum atomic E-state index is 13.0. The molecule has 0 N–H and O–H groups in total. The second-order valence-electron chi connectivity index (χ2n) is 6.21. The summed E-state index contributed by atoms with van der Waals surface area (Å²) in [6.45, 7) is 2.31. The Morgan fingerprint density at radius 1 is 1.31 bits per heavy atom. The van der Waals surface area contributed by atoms with E-state index in [2.05, 4.69) is 10.1 Å². The molecule has 0 aliphatic carbocycles. The Hall–Kier alpha value is -2.93. The quantitative estimate of drug-likeness (QED) is 0.694. The molecule has 0 bridgehead atoms. The molecule has 4 rings (SSSR count). The van der Waals surface area contributed by atoms with Crippen LogP contribution in [0.25, 0.3) is 5.65 Å². The zero-order chi connectivity index (χ0) is 18.3. The average molecular weight is 370 g/mol. The van der Waals surface area contributed by atoms with Crippen LogP contribution in [0.5, 0.6) is 0 Å². The number of fused-ring (bicyclic) bond motifs is 1. The number of amides is 2. The molecule has 1 saturated heterocycles. The molecule has 1 aliphatic rings. The summed E-state index contributed by atoms with van der Waals surface area (Å²) in [5.41, 5.74) is 1.61. The van der Waals surface area contributed by atoms with E-state index in [9.17, 15) is 9.59 Å². The number of anilines is 1. The lowest BCUT2D eigenvalue weighted by atomic mass is 10.1. The second kappa shape index (κ2) is 6.42. The highest BCUT2D eigenvalue weighted by molar-refractivity contribution is 6.31. The van der Waals surface area contributed by atoms with Crippen molar-refractivity contribution in [2.45, 2.75) is 13.0 Å². The Morgan fingerprint density at radius 3 is 2.96 bits per heavy atom. The summed E-state index contributed by atoms with van der Waals surface area (Å²) in [6.07, 6.45) is 4.83. The van der Waals surface area contributed by atoms with E-state index in [1.165, 1.54) is 6.20 Å². The first-order valence-corrected chi connectivity index (χ1v) is 8.57. The number of hydrogen-bond acceptors (Lipinski definition) is 4. The molecule has 1 aromatic carbocycles. The van der Waals surface area contributed by atoms with E-state index >= 15 is 0 Å². The number of halogens is 1. The fourth-order valence-electron chi connectivity index (χ4n) is 3.15. The normalized spacial score (nSPS) is 17.8. The minimum atomic E-state index is -0.245. The van der Waals surface area contributed by atoms with Crippen molar-refractivity contribution in [1.82, 2.24) is 19.5 Å². The molecule has 8 heteroatoms. The smallest absolute Gasteiger partial charge is 0.260 e. The molecule has 0 radical (unpaired) electrons. The summed E-state index contributed by atoms with van der Waals surface area (Å²) in [5.74, 6) is -0.395. The first-order chi connectivity index (χ1) is 12.5. The molecule has 26 heavy (non-hydrogen) atoms. The Labute approximate surface area is 154 Å². The topological polar surface area (TPSA) is 70.8 Å². The van der Waals surface area contributed by atoms with Gasteiger partial charge in [-0.3, -0.25) is 9.59 Å². The predicted octanol–water partition coefficient (Wildman–Crippen LogP) is 2.26. The number of piperazine rings is 1. The van der Waals surface area contributed by atoms with Crippen molar-refractivity contribution in [3.8, 4) is 0 Å². The Kier molecular flexibility index (Phi) is 4.08. The van der Waals surface area contributed by atoms with Gasteiger partial charge in [-0.1, -0.05) is 17.7 Å². The van der Waals surface area contributed by atoms with Crippen molar-refractivity contribution in [2.75, 3.05) is 18.0 Å². The summed E-state index contributed by atoms with van der Waals surface area (Å²) in [4.78, 5) is 33.1. The summed E-state index contributed by atoms with van der Waals surface area (Å²) in [6, 6.07) is 8.74. The maximum absolute atomic E-state index is 13.0. The molecule has 3 aromatic rings. The average Bonchev–Trinajstić information content (AvgIpc) is 3.07. The minimum absolute atomic E-state index is 0.00329. The summed E-state index contributed by atoms with van der Waals surface area (Å²) in [5, 5.41) is 4.72. The molecule has 0 unspecified atom stereocenters. The molecule has 1 atom stereocenters. The van der Waals surface area contributed by atoms with Crippen LogP contribution in [0.4, 0.5) is 5.69 Å². The highest BCUT2D eigenvalue weighted by Crippen LogP contribution is 2.24. The molecule has 1 fully saturated rings. The van der Waals surface area contributed by atoms with E-state index in [-0.39, 0.29) is 24.4 Å². The lowest BCUT2D eigenvalue weighted by Gasteiger charge is -2.39. The largest absolute Gasteiger partial charge is 0.325 e. The SMILES string of the molecule is C[C@@H]1CN(c2cccc(Cl)c2)C(=O)CN1C(=O)c1cnn2cccnc12. The standard InChI is InChI=1S/C18H16ClN5O2/c1-12-10-23(14-5-2-4-13(19)8-14)16(25)11-22(12)18(26)15-9-21-24-7-3-6-20-17(15)24/h2-9,12H,10-11H2,1H3/t12-/m1/s1. The van der Waals surface area contributed by atoms with Gasteiger partial charge in [-0.25, -0.2) is 9.50 Å². The second-order valence-corrected chi connectivity index (χ2v) is 6.65. The zero-order valence-electron chi connectivity index (χ0n) is 14.0. The van der Waals surface area contributed by atoms with E-state index in [0.717, 1.165) is 5.69 Å². The maximum Gasteiger partial charge on any atom is 0.260 e. The molecular formula is C18H16ClN5O2. The monoisotopic (exact) mass is 369 g/mol. The van der Waals surface area contributed by atoms with Crippen molar-refractivity contribution in [3.63, 3.8) is 0 Å². The van der Waals surface area contributed by atoms with Gasteiger partial charge in [-0.2, -0.15) is 5.10 Å². The molecule has 2 amide bonds. The van der Waals surface area contributed by atoms with Gasteiger partial charge in [0.1, 0.15) is 12.1 Å². The zero-order valence-corrected chi connectivity index (χ0v) is 14.8. The summed E-state index contributed by atoms with van der Waals surface area (Å²) < 4.78 is 1.54. The van der Waals surface area contributed by atoms with Gasteiger partial charge in [0.2, 0.25) is 5.91 Å². The third kappa shape index (κ3) is 2.80. The van der Waals surface area contributed by atoms with E-state index in [4.69, 9.17) is 11.6 Å². The fraction of sp³-hybridized carbons (Fsp3) is 0.222. The fourth-order valence-corrected chi connectivity index (χ4v) is 3.33. The van der Waals surface area contributed by atoms with Crippen LogP contribution in [0.2, 0.25) is 5.02 Å². The lowest BCUT2D eigenvalue weighted by Crippen LogP contribution is -2.57. The molecule has 0 saturated carbocycles. The molecular weight excluding hydrogens is 354 g/mol. The van der Waals surface area contributed by atoms with Crippen LogP contribution < -0.4 is 4.90 Å². The van der Waals surface area contributed by atoms with Crippen LogP contribution in [0.1, 0.15) is 17.3 Å². The van der Waals surface area contributed by atoms with Crippen LogP contribution >= 0.6 is 11.6 Å². The van der Waals surface area contributed by atoms with Gasteiger partial charge < -0.3 is 9.80 Å². The Bertz CT molecular complexity index is 1000. The molecule has 7 nitrogen and oxygen atoms in total. The first kappa shape index (κ1) is 16.5. The number of benzene rings is 1. The molecule has 2 aromatic heterocycles. The molecule has 1 aliphatic heterocycles. The molecule has 3 heterocycles. The van der Waals surface area contributed by atoms with Crippen molar-refractivity contribution in [1.29, 1.82) is 0 Å². The Morgan fingerprint density at radius 2 is 2.15 bits per heavy atom. The van der Waals surface area contributed by atoms with E-state index in [1.54, 1.807) is 51.0 Å². The van der Waals surface area contributed by atoms with E-state index < -0.39 is 0 Å². The molecule has 0 spiro atoms. The number of carbonyl (C=O) groups excluding carboxylic acids is 2. The predicted molar refractivity (Wildman–Crippen MR) is 97.3 cm³/mol. The molecule has 132 valence electrons. The van der Waals surface area contributed by atoms with Crippen LogP contribution in [0.3, 0.4) is 0 Å². The van der Waals surface area contributed by atoms with E-state index in [1.807, 2.05) is 13.0 Å². The van der Waals surface area contributed by atoms with Gasteiger partial charge in [0, 0.05) is 35.7 Å². The summed E-state index contributed by atoms with van der Waals surface area (Å²) in [7, 11) is 0. The highest BCUT2D eigenvalue weighted by atomic mass is 35.5. The third-order valence-corrected chi connectivity index (χ3v) is 4.71. The minimum Gasteiger partial charge on any atom is -0.325 e. The number of hydrogen-bond donors (Lipinski definition) is 0. The lowest BCUT2D eigenvalue weighted by molar-refractivity contribution is -0.121. The number of nitrogens with zero attached hydrogens (tertiary/aromatic N) is 5. The van der Waals surface area contributed by atoms with Gasteiger partial charge in [0.05, 0.1) is 6.20 Å². The van der Waals surface area contributed by atoms with Gasteiger partial charge in [0.25, 0.3) is 5.91 Å². The highest BCUT2D eigenvalue weighted by Gasteiger charge is 2.34. The number of carbonyl (C=O) groups is 2. The van der Waals surface area contributed by atoms with Gasteiger partial charge in [0.15, 0.2) is 5.65 Å². The van der Waals surface area contributed by atoms with Crippen molar-refractivity contribution >= 4 is 34.7 Å². The number of rotatable bonds is 2. The summed E-state index contributed by atoms with van der Waals surface area (Å²) >= 11 is 6.03. The van der Waals surface area contributed by atoms with Crippen LogP contribution in [0.15, 0.2) is 48.9 Å². The van der Waals surface area contributed by atoms with Gasteiger partial charge >= 0.3 is 0 Å². The van der Waals surface area contributed by atoms with Crippen LogP contribution in [-0.2, 0) is 4.79 Å². The van der Waals surface area contributed by atoms with Gasteiger partial charge in [-0.05, 0) is 31.2 Å². The number of aromatic nitrogens is 3. The van der Waals surface area contributed by atoms with Crippen molar-refractivity contribution in [2.24, 2.45) is 0 Å².